The molecule has 4 nitrogen and oxygen atoms in total. The molecule has 0 amide bonds. The fourth-order valence-electron chi connectivity index (χ4n) is 1.89. The number of aryl methyl sites for hydroxylation is 2. The third kappa shape index (κ3) is 3.26. The zero-order valence-electron chi connectivity index (χ0n) is 10.8. The van der Waals surface area contributed by atoms with Gasteiger partial charge in [0.05, 0.1) is 6.20 Å². The number of benzene rings is 1. The maximum absolute atomic E-state index is 9.21. The minimum Gasteiger partial charge on any atom is -0.508 e. The number of nitrogens with one attached hydrogen (secondary N) is 1. The summed E-state index contributed by atoms with van der Waals surface area (Å²) in [5, 5.41) is 16.8. The highest BCUT2D eigenvalue weighted by Crippen LogP contribution is 2.13. The van der Waals surface area contributed by atoms with E-state index in [1.165, 1.54) is 5.56 Å². The highest BCUT2D eigenvalue weighted by atomic mass is 16.3. The molecule has 0 radical (unpaired) electrons. The molecule has 0 fully saturated rings. The Morgan fingerprint density at radius 2 is 2.00 bits per heavy atom. The number of rotatable bonds is 5. The molecule has 0 saturated heterocycles. The number of hydrogen-bond donors (Lipinski definition) is 2. The first-order valence-electron chi connectivity index (χ1n) is 6.17. The highest BCUT2D eigenvalue weighted by Gasteiger charge is 2.05. The monoisotopic (exact) mass is 245 g/mol. The molecule has 2 rings (SSSR count). The summed E-state index contributed by atoms with van der Waals surface area (Å²) in [5.74, 6) is 1.35. The Balaban J connectivity index is 1.83. The second-order valence-corrected chi connectivity index (χ2v) is 4.59. The molecule has 0 bridgehead atoms. The van der Waals surface area contributed by atoms with E-state index in [1.54, 1.807) is 18.3 Å². The van der Waals surface area contributed by atoms with Gasteiger partial charge in [-0.25, -0.2) is 0 Å². The zero-order chi connectivity index (χ0) is 13.0. The number of nitrogens with zero attached hydrogens (tertiary/aromatic N) is 2. The van der Waals surface area contributed by atoms with E-state index >= 15 is 0 Å². The molecule has 96 valence electrons. The van der Waals surface area contributed by atoms with Gasteiger partial charge in [0.25, 0.3) is 0 Å². The molecule has 0 spiro atoms. The average Bonchev–Trinajstić information content (AvgIpc) is 2.74. The zero-order valence-corrected chi connectivity index (χ0v) is 10.8. The van der Waals surface area contributed by atoms with E-state index in [1.807, 2.05) is 29.9 Å². The Kier molecular flexibility index (Phi) is 3.87. The van der Waals surface area contributed by atoms with Crippen LogP contribution in [0.5, 0.6) is 5.75 Å². The molecule has 0 aliphatic carbocycles. The average molecular weight is 245 g/mol. The SMILES string of the molecule is CC(CCc1ccc(O)cc1)Nc1ccnn1C. The normalized spacial score (nSPS) is 12.3. The second kappa shape index (κ2) is 5.58. The molecular weight excluding hydrogens is 226 g/mol. The molecule has 0 saturated carbocycles. The van der Waals surface area contributed by atoms with Crippen LogP contribution in [0.1, 0.15) is 18.9 Å². The summed E-state index contributed by atoms with van der Waals surface area (Å²) < 4.78 is 1.83. The van der Waals surface area contributed by atoms with Crippen LogP contribution >= 0.6 is 0 Å². The Morgan fingerprint density at radius 1 is 1.28 bits per heavy atom. The van der Waals surface area contributed by atoms with Crippen LogP contribution in [0.2, 0.25) is 0 Å². The lowest BCUT2D eigenvalue weighted by molar-refractivity contribution is 0.475. The first-order chi connectivity index (χ1) is 8.65. The first kappa shape index (κ1) is 12.5. The van der Waals surface area contributed by atoms with Crippen LogP contribution in [-0.2, 0) is 13.5 Å². The van der Waals surface area contributed by atoms with Gasteiger partial charge in [0, 0.05) is 19.2 Å². The van der Waals surface area contributed by atoms with Gasteiger partial charge in [0.15, 0.2) is 0 Å². The lowest BCUT2D eigenvalue weighted by Gasteiger charge is -2.15. The van der Waals surface area contributed by atoms with E-state index in [2.05, 4.69) is 17.3 Å². The van der Waals surface area contributed by atoms with E-state index in [0.29, 0.717) is 11.8 Å². The Hall–Kier alpha value is -1.97. The first-order valence-corrected chi connectivity index (χ1v) is 6.17. The number of phenols is 1. The van der Waals surface area contributed by atoms with Crippen molar-refractivity contribution in [1.29, 1.82) is 0 Å². The molecule has 1 unspecified atom stereocenters. The smallest absolute Gasteiger partial charge is 0.124 e. The molecule has 1 aromatic carbocycles. The Bertz CT molecular complexity index is 490. The van der Waals surface area contributed by atoms with E-state index in [9.17, 15) is 5.11 Å². The topological polar surface area (TPSA) is 50.1 Å². The van der Waals surface area contributed by atoms with Crippen molar-refractivity contribution >= 4 is 5.82 Å². The third-order valence-corrected chi connectivity index (χ3v) is 3.02. The fourth-order valence-corrected chi connectivity index (χ4v) is 1.89. The van der Waals surface area contributed by atoms with Gasteiger partial charge in [-0.1, -0.05) is 12.1 Å². The molecule has 2 aromatic rings. The minimum absolute atomic E-state index is 0.319. The van der Waals surface area contributed by atoms with Crippen LogP contribution in [0.25, 0.3) is 0 Å². The minimum atomic E-state index is 0.319. The van der Waals surface area contributed by atoms with Gasteiger partial charge in [-0.2, -0.15) is 5.10 Å². The van der Waals surface area contributed by atoms with E-state index < -0.39 is 0 Å². The van der Waals surface area contributed by atoms with E-state index in [0.717, 1.165) is 18.7 Å². The number of aromatic nitrogens is 2. The lowest BCUT2D eigenvalue weighted by Crippen LogP contribution is -2.18. The van der Waals surface area contributed by atoms with E-state index in [-0.39, 0.29) is 0 Å². The number of aromatic hydroxyl groups is 1. The van der Waals surface area contributed by atoms with Gasteiger partial charge in [0.1, 0.15) is 11.6 Å². The van der Waals surface area contributed by atoms with Crippen molar-refractivity contribution in [3.8, 4) is 5.75 Å². The molecule has 1 heterocycles. The predicted molar refractivity (Wildman–Crippen MR) is 72.7 cm³/mol. The molecule has 0 aliphatic heterocycles. The van der Waals surface area contributed by atoms with Crippen molar-refractivity contribution in [3.05, 3.63) is 42.1 Å². The standard InChI is InChI=1S/C14H19N3O/c1-11(16-14-9-10-15-17(14)2)3-4-12-5-7-13(18)8-6-12/h5-11,16,18H,3-4H2,1-2H3. The summed E-state index contributed by atoms with van der Waals surface area (Å²) in [6.07, 6.45) is 3.82. The van der Waals surface area contributed by atoms with Gasteiger partial charge in [-0.05, 0) is 37.5 Å². The molecular formula is C14H19N3O. The number of phenolic OH excluding ortho intramolecular Hbond substituents is 1. The summed E-state index contributed by atoms with van der Waals surface area (Å²) in [4.78, 5) is 0. The fraction of sp³-hybridized carbons (Fsp3) is 0.357. The molecule has 4 heteroatoms. The van der Waals surface area contributed by atoms with Crippen LogP contribution < -0.4 is 5.32 Å². The van der Waals surface area contributed by atoms with Crippen molar-refractivity contribution in [3.63, 3.8) is 0 Å². The molecule has 1 atom stereocenters. The lowest BCUT2D eigenvalue weighted by atomic mass is 10.1. The van der Waals surface area contributed by atoms with Crippen molar-refractivity contribution in [1.82, 2.24) is 9.78 Å². The largest absolute Gasteiger partial charge is 0.508 e. The summed E-state index contributed by atoms with van der Waals surface area (Å²) in [7, 11) is 1.93. The maximum Gasteiger partial charge on any atom is 0.124 e. The molecule has 18 heavy (non-hydrogen) atoms. The van der Waals surface area contributed by atoms with Crippen molar-refractivity contribution in [2.75, 3.05) is 5.32 Å². The van der Waals surface area contributed by atoms with Crippen molar-refractivity contribution in [2.24, 2.45) is 7.05 Å². The van der Waals surface area contributed by atoms with Crippen molar-refractivity contribution < 1.29 is 5.11 Å². The van der Waals surface area contributed by atoms with Crippen LogP contribution in [0, 0.1) is 0 Å². The van der Waals surface area contributed by atoms with Crippen LogP contribution in [0.3, 0.4) is 0 Å². The molecule has 0 aliphatic rings. The van der Waals surface area contributed by atoms with Crippen LogP contribution in [0.15, 0.2) is 36.5 Å². The summed E-state index contributed by atoms with van der Waals surface area (Å²) in [5.41, 5.74) is 1.24. The third-order valence-electron chi connectivity index (χ3n) is 3.02. The Labute approximate surface area is 107 Å². The molecule has 2 N–H and O–H groups in total. The van der Waals surface area contributed by atoms with Gasteiger partial charge in [0.2, 0.25) is 0 Å². The predicted octanol–water partition coefficient (Wildman–Crippen LogP) is 2.56. The molecule has 1 aromatic heterocycles. The number of hydrogen-bond acceptors (Lipinski definition) is 3. The van der Waals surface area contributed by atoms with Crippen LogP contribution in [-0.4, -0.2) is 20.9 Å². The second-order valence-electron chi connectivity index (χ2n) is 4.59. The van der Waals surface area contributed by atoms with Crippen LogP contribution in [0.4, 0.5) is 5.82 Å². The quantitative estimate of drug-likeness (QED) is 0.851. The number of anilines is 1. The summed E-state index contributed by atoms with van der Waals surface area (Å²) in [6.45, 7) is 2.16. The van der Waals surface area contributed by atoms with Gasteiger partial charge in [-0.15, -0.1) is 0 Å². The van der Waals surface area contributed by atoms with Gasteiger partial charge < -0.3 is 10.4 Å². The van der Waals surface area contributed by atoms with Crippen molar-refractivity contribution in [2.45, 2.75) is 25.8 Å². The maximum atomic E-state index is 9.21. The van der Waals surface area contributed by atoms with E-state index in [4.69, 9.17) is 0 Å². The van der Waals surface area contributed by atoms with Gasteiger partial charge >= 0.3 is 0 Å². The Morgan fingerprint density at radius 3 is 2.61 bits per heavy atom. The van der Waals surface area contributed by atoms with Gasteiger partial charge in [-0.3, -0.25) is 4.68 Å². The summed E-state index contributed by atoms with van der Waals surface area (Å²) in [6, 6.07) is 9.74. The summed E-state index contributed by atoms with van der Waals surface area (Å²) >= 11 is 0. The highest BCUT2D eigenvalue weighted by molar-refractivity contribution is 5.34.